The van der Waals surface area contributed by atoms with E-state index in [0.29, 0.717) is 0 Å². The molecule has 1 rings (SSSR count). The third-order valence-electron chi connectivity index (χ3n) is 3.16. The molecule has 1 aromatic rings. The number of nitrogens with one attached hydrogen (secondary N) is 1. The van der Waals surface area contributed by atoms with Gasteiger partial charge in [-0.3, -0.25) is 9.59 Å². The van der Waals surface area contributed by atoms with Gasteiger partial charge < -0.3 is 19.7 Å². The Bertz CT molecular complexity index is 507. The van der Waals surface area contributed by atoms with Gasteiger partial charge in [-0.25, -0.2) is 4.79 Å². The second kappa shape index (κ2) is 5.77. The smallest absolute Gasteiger partial charge is 0.329 e. The number of hydrogen-bond donors (Lipinski definition) is 2. The maximum atomic E-state index is 12.1. The second-order valence-electron chi connectivity index (χ2n) is 4.93. The van der Waals surface area contributed by atoms with Crippen LogP contribution in [-0.4, -0.2) is 46.4 Å². The number of carbonyl (C=O) groups excluding carboxylic acids is 2. The van der Waals surface area contributed by atoms with E-state index >= 15 is 0 Å². The third kappa shape index (κ3) is 3.17. The van der Waals surface area contributed by atoms with Crippen molar-refractivity contribution in [2.75, 3.05) is 7.05 Å². The fourth-order valence-corrected chi connectivity index (χ4v) is 1.45. The summed E-state index contributed by atoms with van der Waals surface area (Å²) in [6.07, 6.45) is 1.35. The number of carboxylic acid groups (broad SMARTS) is 1. The van der Waals surface area contributed by atoms with Gasteiger partial charge in [-0.2, -0.15) is 0 Å². The number of amides is 2. The maximum Gasteiger partial charge on any atom is 0.329 e. The molecule has 1 unspecified atom stereocenters. The molecule has 0 saturated carbocycles. The first-order valence-corrected chi connectivity index (χ1v) is 6.03. The van der Waals surface area contributed by atoms with E-state index in [1.54, 1.807) is 6.07 Å². The average molecular weight is 282 g/mol. The molecular formula is C13H18N2O5. The molecule has 7 heteroatoms. The first-order chi connectivity index (χ1) is 9.17. The Kier molecular flexibility index (Phi) is 4.54. The number of aliphatic carboxylic acids is 1. The summed E-state index contributed by atoms with van der Waals surface area (Å²) in [6, 6.07) is 2.16. The quantitative estimate of drug-likeness (QED) is 0.829. The zero-order valence-corrected chi connectivity index (χ0v) is 11.8. The van der Waals surface area contributed by atoms with Gasteiger partial charge in [-0.15, -0.1) is 0 Å². The second-order valence-corrected chi connectivity index (χ2v) is 4.93. The van der Waals surface area contributed by atoms with Crippen LogP contribution in [0.2, 0.25) is 0 Å². The van der Waals surface area contributed by atoms with Crippen molar-refractivity contribution in [1.82, 2.24) is 10.2 Å². The number of hydrogen-bond acceptors (Lipinski definition) is 4. The van der Waals surface area contributed by atoms with Gasteiger partial charge in [0.15, 0.2) is 5.76 Å². The summed E-state index contributed by atoms with van der Waals surface area (Å²) in [5.74, 6) is -2.07. The minimum Gasteiger partial charge on any atom is -0.480 e. The van der Waals surface area contributed by atoms with Crippen LogP contribution in [0.1, 0.15) is 31.3 Å². The fraction of sp³-hybridized carbons (Fsp3) is 0.462. The SMILES string of the molecule is CC(NC(=O)c1ccco1)C(=O)N(C)C(C)(C)C(=O)O. The van der Waals surface area contributed by atoms with Crippen LogP contribution in [0.3, 0.4) is 0 Å². The van der Waals surface area contributed by atoms with Crippen LogP contribution < -0.4 is 5.32 Å². The summed E-state index contributed by atoms with van der Waals surface area (Å²) in [7, 11) is 1.38. The lowest BCUT2D eigenvalue weighted by atomic mass is 10.0. The van der Waals surface area contributed by atoms with E-state index < -0.39 is 29.4 Å². The molecule has 110 valence electrons. The standard InChI is InChI=1S/C13H18N2O5/c1-8(14-10(16)9-6-5-7-20-9)11(17)15(4)13(2,3)12(18)19/h5-8H,1-4H3,(H,14,16)(H,18,19). The minimum absolute atomic E-state index is 0.0878. The predicted octanol–water partition coefficient (Wildman–Crippen LogP) is 0.719. The molecule has 0 aliphatic heterocycles. The Balaban J connectivity index is 2.72. The topological polar surface area (TPSA) is 99.9 Å². The summed E-state index contributed by atoms with van der Waals surface area (Å²) in [6.45, 7) is 4.31. The number of carbonyl (C=O) groups is 3. The first-order valence-electron chi connectivity index (χ1n) is 6.03. The minimum atomic E-state index is -1.36. The molecule has 2 amide bonds. The van der Waals surface area contributed by atoms with E-state index in [0.717, 1.165) is 4.90 Å². The Morgan fingerprint density at radius 1 is 1.40 bits per heavy atom. The highest BCUT2D eigenvalue weighted by Gasteiger charge is 2.37. The normalized spacial score (nSPS) is 12.6. The van der Waals surface area contributed by atoms with Gasteiger partial charge in [0.1, 0.15) is 11.6 Å². The lowest BCUT2D eigenvalue weighted by Gasteiger charge is -2.33. The summed E-state index contributed by atoms with van der Waals surface area (Å²) < 4.78 is 4.91. The molecule has 0 aliphatic carbocycles. The van der Waals surface area contributed by atoms with Crippen LogP contribution in [-0.2, 0) is 9.59 Å². The molecule has 0 bridgehead atoms. The maximum absolute atomic E-state index is 12.1. The van der Waals surface area contributed by atoms with E-state index in [1.165, 1.54) is 40.1 Å². The number of nitrogens with zero attached hydrogens (tertiary/aromatic N) is 1. The van der Waals surface area contributed by atoms with Gasteiger partial charge in [0.2, 0.25) is 5.91 Å². The summed E-state index contributed by atoms with van der Waals surface area (Å²) >= 11 is 0. The molecule has 0 radical (unpaired) electrons. The lowest BCUT2D eigenvalue weighted by molar-refractivity contribution is -0.155. The van der Waals surface area contributed by atoms with Crippen molar-refractivity contribution < 1.29 is 23.9 Å². The van der Waals surface area contributed by atoms with Crippen molar-refractivity contribution in [1.29, 1.82) is 0 Å². The van der Waals surface area contributed by atoms with Crippen LogP contribution in [0.5, 0.6) is 0 Å². The van der Waals surface area contributed by atoms with E-state index in [2.05, 4.69) is 5.32 Å². The molecule has 0 aliphatic rings. The first kappa shape index (κ1) is 15.7. The Morgan fingerprint density at radius 2 is 2.00 bits per heavy atom. The van der Waals surface area contributed by atoms with Crippen LogP contribution in [0.4, 0.5) is 0 Å². The Labute approximate surface area is 116 Å². The molecule has 7 nitrogen and oxygen atoms in total. The van der Waals surface area contributed by atoms with Crippen LogP contribution in [0.15, 0.2) is 22.8 Å². The number of furan rings is 1. The Hall–Kier alpha value is -2.31. The number of carboxylic acids is 1. The lowest BCUT2D eigenvalue weighted by Crippen LogP contribution is -2.56. The van der Waals surface area contributed by atoms with Gasteiger partial charge >= 0.3 is 5.97 Å². The molecule has 0 saturated heterocycles. The van der Waals surface area contributed by atoms with Gasteiger partial charge in [-0.05, 0) is 32.9 Å². The van der Waals surface area contributed by atoms with Crippen molar-refractivity contribution in [2.24, 2.45) is 0 Å². The van der Waals surface area contributed by atoms with Crippen molar-refractivity contribution in [3.05, 3.63) is 24.2 Å². The van der Waals surface area contributed by atoms with Crippen molar-refractivity contribution in [3.63, 3.8) is 0 Å². The monoisotopic (exact) mass is 282 g/mol. The van der Waals surface area contributed by atoms with Crippen molar-refractivity contribution in [3.8, 4) is 0 Å². The molecule has 0 fully saturated rings. The largest absolute Gasteiger partial charge is 0.480 e. The Morgan fingerprint density at radius 3 is 2.45 bits per heavy atom. The van der Waals surface area contributed by atoms with E-state index in [-0.39, 0.29) is 5.76 Å². The van der Waals surface area contributed by atoms with Crippen molar-refractivity contribution in [2.45, 2.75) is 32.4 Å². The highest BCUT2D eigenvalue weighted by atomic mass is 16.4. The fourth-order valence-electron chi connectivity index (χ4n) is 1.45. The molecule has 0 spiro atoms. The van der Waals surface area contributed by atoms with Gasteiger partial charge in [0.25, 0.3) is 5.91 Å². The molecule has 1 atom stereocenters. The van der Waals surface area contributed by atoms with Crippen LogP contribution in [0.25, 0.3) is 0 Å². The molecule has 20 heavy (non-hydrogen) atoms. The van der Waals surface area contributed by atoms with Crippen LogP contribution in [0, 0.1) is 0 Å². The summed E-state index contributed by atoms with van der Waals surface area (Å²) in [5, 5.41) is 11.5. The van der Waals surface area contributed by atoms with Gasteiger partial charge in [-0.1, -0.05) is 0 Å². The summed E-state index contributed by atoms with van der Waals surface area (Å²) in [5.41, 5.74) is -1.36. The molecule has 1 heterocycles. The van der Waals surface area contributed by atoms with Gasteiger partial charge in [0.05, 0.1) is 6.26 Å². The molecule has 0 aromatic carbocycles. The zero-order valence-electron chi connectivity index (χ0n) is 11.8. The zero-order chi connectivity index (χ0) is 15.5. The van der Waals surface area contributed by atoms with E-state index in [4.69, 9.17) is 9.52 Å². The van der Waals surface area contributed by atoms with E-state index in [9.17, 15) is 14.4 Å². The third-order valence-corrected chi connectivity index (χ3v) is 3.16. The highest BCUT2D eigenvalue weighted by Crippen LogP contribution is 2.14. The molecule has 2 N–H and O–H groups in total. The predicted molar refractivity (Wildman–Crippen MR) is 70.1 cm³/mol. The average Bonchev–Trinajstić information content (AvgIpc) is 2.90. The summed E-state index contributed by atoms with van der Waals surface area (Å²) in [4.78, 5) is 36.0. The van der Waals surface area contributed by atoms with Crippen LogP contribution >= 0.6 is 0 Å². The number of likely N-dealkylation sites (N-methyl/N-ethyl adjacent to an activating group) is 1. The van der Waals surface area contributed by atoms with E-state index in [1.807, 2.05) is 0 Å². The van der Waals surface area contributed by atoms with Gasteiger partial charge in [0, 0.05) is 7.05 Å². The molecule has 1 aromatic heterocycles. The number of rotatable bonds is 5. The highest BCUT2D eigenvalue weighted by molar-refractivity contribution is 5.96. The molecular weight excluding hydrogens is 264 g/mol. The van der Waals surface area contributed by atoms with Crippen molar-refractivity contribution >= 4 is 17.8 Å².